The van der Waals surface area contributed by atoms with Crippen molar-refractivity contribution in [3.8, 4) is 6.07 Å². The number of piperazine rings is 1. The molecule has 1 atom stereocenters. The third-order valence-electron chi connectivity index (χ3n) is 4.03. The summed E-state index contributed by atoms with van der Waals surface area (Å²) in [5, 5.41) is 9.16. The topological polar surface area (TPSA) is 47.3 Å². The molecular weight excluding hydrogens is 214 g/mol. The molecule has 1 saturated heterocycles. The van der Waals surface area contributed by atoms with E-state index in [2.05, 4.69) is 31.9 Å². The monoisotopic (exact) mass is 237 g/mol. The second-order valence-corrected chi connectivity index (χ2v) is 5.76. The number of rotatable bonds is 2. The summed E-state index contributed by atoms with van der Waals surface area (Å²) in [5.74, 6) is -0.0244. The van der Waals surface area contributed by atoms with Gasteiger partial charge in [-0.3, -0.25) is 9.69 Å². The lowest BCUT2D eigenvalue weighted by atomic mass is 9.86. The third-order valence-corrected chi connectivity index (χ3v) is 4.03. The highest BCUT2D eigenvalue weighted by Gasteiger charge is 2.40. The van der Waals surface area contributed by atoms with Crippen molar-refractivity contribution >= 4 is 5.91 Å². The van der Waals surface area contributed by atoms with Crippen molar-refractivity contribution in [3.63, 3.8) is 0 Å². The first-order valence-electron chi connectivity index (χ1n) is 6.19. The van der Waals surface area contributed by atoms with Crippen LogP contribution in [0.25, 0.3) is 0 Å². The van der Waals surface area contributed by atoms with Crippen LogP contribution in [0.2, 0.25) is 0 Å². The summed E-state index contributed by atoms with van der Waals surface area (Å²) in [6.45, 7) is 10.2. The maximum absolute atomic E-state index is 12.4. The van der Waals surface area contributed by atoms with Crippen molar-refractivity contribution < 1.29 is 4.79 Å². The molecule has 0 aliphatic carbocycles. The Labute approximate surface area is 104 Å². The molecule has 1 rings (SSSR count). The van der Waals surface area contributed by atoms with Gasteiger partial charge in [0.1, 0.15) is 5.41 Å². The summed E-state index contributed by atoms with van der Waals surface area (Å²) in [7, 11) is 2.07. The van der Waals surface area contributed by atoms with E-state index in [9.17, 15) is 4.79 Å². The number of hydrogen-bond donors (Lipinski definition) is 0. The van der Waals surface area contributed by atoms with Crippen molar-refractivity contribution in [2.45, 2.75) is 39.7 Å². The summed E-state index contributed by atoms with van der Waals surface area (Å²) in [5.41, 5.74) is -0.885. The van der Waals surface area contributed by atoms with Gasteiger partial charge < -0.3 is 4.90 Å². The standard InChI is InChI=1S/C13H23N3O/c1-6-13(4,9-14)11(17)16-8-7-15(5)12(2,3)10-16/h6-8,10H2,1-5H3. The highest BCUT2D eigenvalue weighted by molar-refractivity contribution is 5.85. The number of nitriles is 1. The number of hydrogen-bond acceptors (Lipinski definition) is 3. The van der Waals surface area contributed by atoms with Gasteiger partial charge in [-0.05, 0) is 34.2 Å². The van der Waals surface area contributed by atoms with Gasteiger partial charge in [0.05, 0.1) is 6.07 Å². The van der Waals surface area contributed by atoms with Crippen LogP contribution in [0, 0.1) is 16.7 Å². The van der Waals surface area contributed by atoms with E-state index >= 15 is 0 Å². The lowest BCUT2D eigenvalue weighted by Crippen LogP contribution is -2.60. The van der Waals surface area contributed by atoms with E-state index < -0.39 is 5.41 Å². The number of amides is 1. The predicted octanol–water partition coefficient (Wildman–Crippen LogP) is 1.48. The Morgan fingerprint density at radius 3 is 2.47 bits per heavy atom. The third kappa shape index (κ3) is 2.61. The van der Waals surface area contributed by atoms with Gasteiger partial charge in [-0.1, -0.05) is 6.92 Å². The molecule has 96 valence electrons. The van der Waals surface area contributed by atoms with E-state index in [0.29, 0.717) is 13.0 Å². The smallest absolute Gasteiger partial charge is 0.242 e. The second kappa shape index (κ2) is 4.66. The van der Waals surface area contributed by atoms with Gasteiger partial charge >= 0.3 is 0 Å². The lowest BCUT2D eigenvalue weighted by molar-refractivity contribution is -0.143. The molecule has 1 unspecified atom stereocenters. The number of carbonyl (C=O) groups excluding carboxylic acids is 1. The van der Waals surface area contributed by atoms with E-state index in [-0.39, 0.29) is 11.4 Å². The molecule has 1 fully saturated rings. The zero-order valence-corrected chi connectivity index (χ0v) is 11.6. The first-order chi connectivity index (χ1) is 7.77. The molecule has 0 radical (unpaired) electrons. The van der Waals surface area contributed by atoms with Gasteiger partial charge in [0.15, 0.2) is 0 Å². The second-order valence-electron chi connectivity index (χ2n) is 5.76. The molecule has 0 N–H and O–H groups in total. The van der Waals surface area contributed by atoms with E-state index in [0.717, 1.165) is 13.1 Å². The maximum Gasteiger partial charge on any atom is 0.242 e. The average molecular weight is 237 g/mol. The Hall–Kier alpha value is -1.08. The Balaban J connectivity index is 2.83. The van der Waals surface area contributed by atoms with Gasteiger partial charge in [0.25, 0.3) is 0 Å². The molecule has 1 amide bonds. The zero-order valence-electron chi connectivity index (χ0n) is 11.6. The minimum absolute atomic E-state index is 0.0159. The van der Waals surface area contributed by atoms with Crippen molar-refractivity contribution in [2.75, 3.05) is 26.7 Å². The van der Waals surface area contributed by atoms with Crippen LogP contribution >= 0.6 is 0 Å². The van der Waals surface area contributed by atoms with Crippen LogP contribution in [-0.4, -0.2) is 47.9 Å². The minimum Gasteiger partial charge on any atom is -0.338 e. The Morgan fingerprint density at radius 1 is 1.47 bits per heavy atom. The molecular formula is C13H23N3O. The summed E-state index contributed by atoms with van der Waals surface area (Å²) in [6, 6.07) is 2.16. The molecule has 0 bridgehead atoms. The quantitative estimate of drug-likeness (QED) is 0.731. The predicted molar refractivity (Wildman–Crippen MR) is 67.3 cm³/mol. The summed E-state index contributed by atoms with van der Waals surface area (Å²) < 4.78 is 0. The number of likely N-dealkylation sites (N-methyl/N-ethyl adjacent to an activating group) is 1. The van der Waals surface area contributed by atoms with Crippen molar-refractivity contribution in [2.24, 2.45) is 5.41 Å². The SMILES string of the molecule is CCC(C)(C#N)C(=O)N1CCN(C)C(C)(C)C1. The summed E-state index contributed by atoms with van der Waals surface area (Å²) >= 11 is 0. The van der Waals surface area contributed by atoms with E-state index in [1.54, 1.807) is 6.92 Å². The summed E-state index contributed by atoms with van der Waals surface area (Å²) in [4.78, 5) is 16.5. The zero-order chi connectivity index (χ0) is 13.3. The molecule has 1 heterocycles. The molecule has 0 saturated carbocycles. The lowest BCUT2D eigenvalue weighted by Gasteiger charge is -2.46. The number of carbonyl (C=O) groups is 1. The van der Waals surface area contributed by atoms with Gasteiger partial charge in [0.2, 0.25) is 5.91 Å². The maximum atomic E-state index is 12.4. The molecule has 0 aromatic rings. The Kier molecular flexibility index (Phi) is 3.83. The van der Waals surface area contributed by atoms with Gasteiger partial charge in [-0.2, -0.15) is 5.26 Å². The highest BCUT2D eigenvalue weighted by atomic mass is 16.2. The molecule has 1 aliphatic heterocycles. The Bertz CT molecular complexity index is 345. The van der Waals surface area contributed by atoms with Crippen LogP contribution in [-0.2, 0) is 4.79 Å². The van der Waals surface area contributed by atoms with Crippen LogP contribution in [0.5, 0.6) is 0 Å². The molecule has 17 heavy (non-hydrogen) atoms. The number of nitrogens with zero attached hydrogens (tertiary/aromatic N) is 3. The molecule has 1 aliphatic rings. The molecule has 0 spiro atoms. The Morgan fingerprint density at radius 2 is 2.06 bits per heavy atom. The van der Waals surface area contributed by atoms with Crippen LogP contribution in [0.15, 0.2) is 0 Å². The largest absolute Gasteiger partial charge is 0.338 e. The fourth-order valence-corrected chi connectivity index (χ4v) is 2.04. The van der Waals surface area contributed by atoms with Crippen LogP contribution in [0.3, 0.4) is 0 Å². The van der Waals surface area contributed by atoms with E-state index in [1.807, 2.05) is 11.8 Å². The average Bonchev–Trinajstić information content (AvgIpc) is 2.30. The fraction of sp³-hybridized carbons (Fsp3) is 0.846. The molecule has 4 heteroatoms. The van der Waals surface area contributed by atoms with Crippen molar-refractivity contribution in [3.05, 3.63) is 0 Å². The van der Waals surface area contributed by atoms with E-state index in [1.165, 1.54) is 0 Å². The van der Waals surface area contributed by atoms with Gasteiger partial charge in [-0.25, -0.2) is 0 Å². The van der Waals surface area contributed by atoms with Crippen molar-refractivity contribution in [1.82, 2.24) is 9.80 Å². The first kappa shape index (κ1) is 14.0. The molecule has 0 aromatic carbocycles. The van der Waals surface area contributed by atoms with Crippen LogP contribution in [0.1, 0.15) is 34.1 Å². The van der Waals surface area contributed by atoms with Crippen LogP contribution < -0.4 is 0 Å². The van der Waals surface area contributed by atoms with E-state index in [4.69, 9.17) is 5.26 Å². The highest BCUT2D eigenvalue weighted by Crippen LogP contribution is 2.27. The summed E-state index contributed by atoms with van der Waals surface area (Å²) in [6.07, 6.45) is 0.565. The van der Waals surface area contributed by atoms with Gasteiger partial charge in [0, 0.05) is 25.2 Å². The van der Waals surface area contributed by atoms with Gasteiger partial charge in [-0.15, -0.1) is 0 Å². The van der Waals surface area contributed by atoms with Crippen molar-refractivity contribution in [1.29, 1.82) is 5.26 Å². The molecule has 4 nitrogen and oxygen atoms in total. The first-order valence-corrected chi connectivity index (χ1v) is 6.19. The normalized spacial score (nSPS) is 23.9. The fourth-order valence-electron chi connectivity index (χ4n) is 2.04. The van der Waals surface area contributed by atoms with Crippen LogP contribution in [0.4, 0.5) is 0 Å². The molecule has 0 aromatic heterocycles. The minimum atomic E-state index is -0.869.